The molecule has 0 fully saturated rings. The summed E-state index contributed by atoms with van der Waals surface area (Å²) in [6.45, 7) is 1.59. The van der Waals surface area contributed by atoms with E-state index in [0.29, 0.717) is 27.0 Å². The van der Waals surface area contributed by atoms with Crippen molar-refractivity contribution in [2.24, 2.45) is 0 Å². The van der Waals surface area contributed by atoms with E-state index < -0.39 is 16.4 Å². The fourth-order valence-electron chi connectivity index (χ4n) is 5.94. The summed E-state index contributed by atoms with van der Waals surface area (Å²) in [7, 11) is -1.22. The lowest BCUT2D eigenvalue weighted by Gasteiger charge is -2.33. The lowest BCUT2D eigenvalue weighted by molar-refractivity contribution is -0.147. The predicted octanol–water partition coefficient (Wildman–Crippen LogP) is 8.20. The number of methoxy groups -OCH3 is 1. The van der Waals surface area contributed by atoms with Crippen LogP contribution in [0.2, 0.25) is 15.1 Å². The zero-order chi connectivity index (χ0) is 33.4. The Morgan fingerprint density at radius 2 is 1.63 bits per heavy atom. The van der Waals surface area contributed by atoms with Gasteiger partial charge < -0.3 is 10.1 Å². The third-order valence-corrected chi connectivity index (χ3v) is 10.1. The Morgan fingerprint density at radius 3 is 2.28 bits per heavy atom. The van der Waals surface area contributed by atoms with Gasteiger partial charge in [-0.1, -0.05) is 83.3 Å². The van der Waals surface area contributed by atoms with Crippen LogP contribution in [0.3, 0.4) is 0 Å². The van der Waals surface area contributed by atoms with Crippen molar-refractivity contribution in [1.82, 2.24) is 10.2 Å². The zero-order valence-corrected chi connectivity index (χ0v) is 29.1. The lowest BCUT2D eigenvalue weighted by Crippen LogP contribution is -2.38. The molecule has 8 nitrogen and oxygen atoms in total. The van der Waals surface area contributed by atoms with Gasteiger partial charge in [0.05, 0.1) is 17.2 Å². The molecule has 0 saturated heterocycles. The highest BCUT2D eigenvalue weighted by atomic mass is 35.5. The summed E-state index contributed by atoms with van der Waals surface area (Å²) in [5.41, 5.74) is 6.16. The first kappa shape index (κ1) is 36.3. The topological polar surface area (TPSA) is 116 Å². The lowest BCUT2D eigenvalue weighted by atomic mass is 9.77. The van der Waals surface area contributed by atoms with Crippen LogP contribution < -0.4 is 5.32 Å². The van der Waals surface area contributed by atoms with E-state index in [0.717, 1.165) is 37.9 Å². The number of carbonyl (C=O) groups is 1. The van der Waals surface area contributed by atoms with Crippen LogP contribution >= 0.6 is 46.1 Å². The van der Waals surface area contributed by atoms with Crippen LogP contribution in [0.5, 0.6) is 0 Å². The minimum atomic E-state index is -4.67. The average molecular weight is 726 g/mol. The summed E-state index contributed by atoms with van der Waals surface area (Å²) in [6, 6.07) is 24.3. The Hall–Kier alpha value is -2.51. The van der Waals surface area contributed by atoms with Crippen LogP contribution in [-0.4, -0.2) is 49.1 Å². The predicted molar refractivity (Wildman–Crippen MR) is 185 cm³/mol. The highest BCUT2D eigenvalue weighted by Crippen LogP contribution is 2.42. The van der Waals surface area contributed by atoms with Gasteiger partial charge in [-0.05, 0) is 83.8 Å². The number of halogens is 3. The molecular weight excluding hydrogens is 691 g/mol. The highest BCUT2D eigenvalue weighted by Gasteiger charge is 2.33. The van der Waals surface area contributed by atoms with E-state index in [9.17, 15) is 4.79 Å². The summed E-state index contributed by atoms with van der Waals surface area (Å²) in [4.78, 5) is 15.8. The number of hydrogen-bond acceptors (Lipinski definition) is 7. The van der Waals surface area contributed by atoms with E-state index in [1.807, 2.05) is 43.4 Å². The highest BCUT2D eigenvalue weighted by molar-refractivity contribution is 7.79. The Kier molecular flexibility index (Phi) is 13.1. The summed E-state index contributed by atoms with van der Waals surface area (Å²) < 4.78 is 36.6. The summed E-state index contributed by atoms with van der Waals surface area (Å²) >= 11 is 20.3. The molecule has 4 aromatic rings. The molecule has 3 aromatic carbocycles. The van der Waals surface area contributed by atoms with Crippen molar-refractivity contribution in [2.45, 2.75) is 43.8 Å². The van der Waals surface area contributed by atoms with Crippen LogP contribution in [0.4, 0.5) is 0 Å². The first-order chi connectivity index (χ1) is 21.9. The number of ether oxygens (including phenoxy) is 1. The van der Waals surface area contributed by atoms with E-state index >= 15 is 0 Å². The second-order valence-electron chi connectivity index (χ2n) is 10.8. The fraction of sp³-hybridized carbons (Fsp3) is 0.303. The van der Waals surface area contributed by atoms with E-state index in [1.54, 1.807) is 11.3 Å². The molecule has 0 bridgehead atoms. The Bertz CT molecular complexity index is 1740. The van der Waals surface area contributed by atoms with Gasteiger partial charge in [0, 0.05) is 34.9 Å². The largest absolute Gasteiger partial charge is 0.468 e. The first-order valence-electron chi connectivity index (χ1n) is 14.4. The van der Waals surface area contributed by atoms with Gasteiger partial charge in [-0.25, -0.2) is 4.79 Å². The number of thiophene rings is 1. The maximum atomic E-state index is 12.3. The maximum absolute atomic E-state index is 12.3. The molecule has 2 aliphatic rings. The Balaban J connectivity index is 0.000000183. The first-order valence-corrected chi connectivity index (χ1v) is 17.8. The van der Waals surface area contributed by atoms with Crippen molar-refractivity contribution in [1.29, 1.82) is 0 Å². The standard InChI is InChI=1S/C17H17Cl2N.C16H16ClNO2S.H2O4S/c1-20-17-9-7-12(13-4-2-3-5-14(13)17)11-6-8-15(18)16(19)10-11;1-20-16(19)15(12-4-2-3-5-13(12)17)18-8-6-14-11(10-18)7-9-21-14;1-5(2,3)4/h2-6,8,10,12,17,20H,7,9H2,1H3;2-5,7,9,15H,6,8,10H2,1H3;(H2,1,2,3,4)/t12-,17-;15-;/m00./s1. The van der Waals surface area contributed by atoms with Gasteiger partial charge in [0.2, 0.25) is 0 Å². The van der Waals surface area contributed by atoms with E-state index in [-0.39, 0.29) is 5.97 Å². The third kappa shape index (κ3) is 9.53. The number of nitrogens with zero attached hydrogens (tertiary/aromatic N) is 1. The van der Waals surface area contributed by atoms with E-state index in [2.05, 4.69) is 52.0 Å². The zero-order valence-electron chi connectivity index (χ0n) is 25.2. The quantitative estimate of drug-likeness (QED) is 0.139. The summed E-state index contributed by atoms with van der Waals surface area (Å²) in [6.07, 6.45) is 3.23. The maximum Gasteiger partial charge on any atom is 0.394 e. The normalized spacial score (nSPS) is 18.1. The molecule has 0 saturated carbocycles. The number of benzene rings is 3. The second-order valence-corrected chi connectivity index (χ2v) is 13.9. The molecule has 46 heavy (non-hydrogen) atoms. The monoisotopic (exact) mass is 724 g/mol. The van der Waals surface area contributed by atoms with Crippen molar-refractivity contribution in [3.63, 3.8) is 0 Å². The molecule has 6 rings (SSSR count). The van der Waals surface area contributed by atoms with Gasteiger partial charge in [-0.2, -0.15) is 8.42 Å². The molecule has 1 aliphatic heterocycles. The van der Waals surface area contributed by atoms with Crippen LogP contribution in [0, 0.1) is 0 Å². The van der Waals surface area contributed by atoms with Crippen molar-refractivity contribution in [3.8, 4) is 0 Å². The molecule has 3 N–H and O–H groups in total. The van der Waals surface area contributed by atoms with Gasteiger partial charge in [-0.15, -0.1) is 11.3 Å². The molecule has 0 amide bonds. The van der Waals surface area contributed by atoms with E-state index in [1.165, 1.54) is 34.2 Å². The Labute approximate surface area is 288 Å². The van der Waals surface area contributed by atoms with Crippen molar-refractivity contribution in [2.75, 3.05) is 20.7 Å². The van der Waals surface area contributed by atoms with Crippen LogP contribution in [0.1, 0.15) is 63.5 Å². The molecule has 0 spiro atoms. The molecule has 1 aromatic heterocycles. The van der Waals surface area contributed by atoms with Crippen LogP contribution in [-0.2, 0) is 32.9 Å². The molecule has 3 atom stereocenters. The number of carbonyl (C=O) groups excluding carboxylic acids is 1. The Morgan fingerprint density at radius 1 is 0.957 bits per heavy atom. The summed E-state index contributed by atoms with van der Waals surface area (Å²) in [5, 5.41) is 7.37. The van der Waals surface area contributed by atoms with Gasteiger partial charge in [0.25, 0.3) is 0 Å². The number of esters is 1. The molecule has 246 valence electrons. The molecule has 1 aliphatic carbocycles. The SMILES string of the molecule is CN[C@H]1CC[C@@H](c2ccc(Cl)c(Cl)c2)c2ccccc21.COC(=O)[C@H](c1ccccc1Cl)N1CCc2sccc2C1.O=S(=O)(O)O. The number of rotatable bonds is 5. The van der Waals surface area contributed by atoms with Gasteiger partial charge >= 0.3 is 16.4 Å². The molecule has 0 unspecified atom stereocenters. The smallest absolute Gasteiger partial charge is 0.394 e. The summed E-state index contributed by atoms with van der Waals surface area (Å²) in [5.74, 6) is 0.146. The number of fused-ring (bicyclic) bond motifs is 2. The number of nitrogens with one attached hydrogen (secondary N) is 1. The fourth-order valence-corrected chi connectivity index (χ4v) is 7.37. The molecule has 2 heterocycles. The molecular formula is C33H35Cl3N2O6S2. The second kappa shape index (κ2) is 16.5. The molecule has 13 heteroatoms. The van der Waals surface area contributed by atoms with E-state index in [4.69, 9.17) is 57.1 Å². The van der Waals surface area contributed by atoms with Crippen LogP contribution in [0.25, 0.3) is 0 Å². The van der Waals surface area contributed by atoms with Crippen molar-refractivity contribution in [3.05, 3.63) is 126 Å². The molecule has 0 radical (unpaired) electrons. The average Bonchev–Trinajstić information content (AvgIpc) is 3.51. The van der Waals surface area contributed by atoms with Gasteiger partial charge in [0.1, 0.15) is 6.04 Å². The van der Waals surface area contributed by atoms with Crippen molar-refractivity contribution < 1.29 is 27.1 Å². The number of hydrogen-bond donors (Lipinski definition) is 3. The van der Waals surface area contributed by atoms with Gasteiger partial charge in [-0.3, -0.25) is 14.0 Å². The van der Waals surface area contributed by atoms with Crippen LogP contribution in [0.15, 0.2) is 78.2 Å². The van der Waals surface area contributed by atoms with Crippen molar-refractivity contribution >= 4 is 62.5 Å². The minimum absolute atomic E-state index is 0.262. The van der Waals surface area contributed by atoms with Gasteiger partial charge in [0.15, 0.2) is 0 Å². The minimum Gasteiger partial charge on any atom is -0.468 e. The third-order valence-electron chi connectivity index (χ3n) is 8.01.